The minimum absolute atomic E-state index is 0.254. The van der Waals surface area contributed by atoms with E-state index < -0.39 is 10.0 Å². The molecule has 0 aliphatic heterocycles. The summed E-state index contributed by atoms with van der Waals surface area (Å²) in [6.45, 7) is 0. The average molecular weight is 349 g/mol. The second-order valence-electron chi connectivity index (χ2n) is 4.83. The smallest absolute Gasteiger partial charge is 0.271 e. The van der Waals surface area contributed by atoms with Gasteiger partial charge in [-0.25, -0.2) is 8.42 Å². The molecule has 6 nitrogen and oxygen atoms in total. The number of rotatable bonds is 5. The van der Waals surface area contributed by atoms with Gasteiger partial charge in [-0.2, -0.15) is 5.10 Å². The highest BCUT2D eigenvalue weighted by Gasteiger charge is 2.18. The van der Waals surface area contributed by atoms with Crippen LogP contribution < -0.4 is 9.46 Å². The maximum Gasteiger partial charge on any atom is 0.271 e. The summed E-state index contributed by atoms with van der Waals surface area (Å²) in [5, 5.41) is 5.90. The first-order valence-corrected chi connectivity index (χ1v) is 9.10. The lowest BCUT2D eigenvalue weighted by molar-refractivity contribution is 0.415. The first-order valence-electron chi connectivity index (χ1n) is 6.73. The number of aryl methyl sites for hydroxylation is 1. The third-order valence-electron chi connectivity index (χ3n) is 3.30. The van der Waals surface area contributed by atoms with E-state index in [-0.39, 0.29) is 4.21 Å². The van der Waals surface area contributed by atoms with E-state index in [9.17, 15) is 8.42 Å². The van der Waals surface area contributed by atoms with E-state index in [1.807, 2.05) is 13.1 Å². The van der Waals surface area contributed by atoms with Crippen LogP contribution in [0.3, 0.4) is 0 Å². The number of nitrogens with one attached hydrogen (secondary N) is 1. The van der Waals surface area contributed by atoms with Gasteiger partial charge in [0.05, 0.1) is 12.8 Å². The minimum atomic E-state index is -3.62. The summed E-state index contributed by atoms with van der Waals surface area (Å²) in [6, 6.07) is 10.2. The Labute approximate surface area is 138 Å². The molecule has 2 aromatic heterocycles. The Hall–Kier alpha value is -2.32. The van der Waals surface area contributed by atoms with Gasteiger partial charge in [0.15, 0.2) is 0 Å². The Balaban J connectivity index is 1.85. The van der Waals surface area contributed by atoms with Gasteiger partial charge in [0, 0.05) is 29.9 Å². The maximum absolute atomic E-state index is 12.5. The second-order valence-corrected chi connectivity index (χ2v) is 7.65. The lowest BCUT2D eigenvalue weighted by Crippen LogP contribution is -2.11. The van der Waals surface area contributed by atoms with Crippen LogP contribution in [0.25, 0.3) is 11.3 Å². The summed E-state index contributed by atoms with van der Waals surface area (Å²) in [6.07, 6.45) is 1.68. The predicted molar refractivity (Wildman–Crippen MR) is 90.3 cm³/mol. The highest BCUT2D eigenvalue weighted by molar-refractivity contribution is 7.94. The largest absolute Gasteiger partial charge is 0.497 e. The van der Waals surface area contributed by atoms with Crippen molar-refractivity contribution in [1.29, 1.82) is 0 Å². The number of hydrogen-bond donors (Lipinski definition) is 1. The third-order valence-corrected chi connectivity index (χ3v) is 6.12. The van der Waals surface area contributed by atoms with Crippen LogP contribution in [0.4, 0.5) is 5.69 Å². The molecule has 0 saturated heterocycles. The molecule has 0 bridgehead atoms. The molecule has 0 spiro atoms. The summed E-state index contributed by atoms with van der Waals surface area (Å²) in [5.41, 5.74) is 2.18. The fourth-order valence-corrected chi connectivity index (χ4v) is 4.35. The molecule has 0 radical (unpaired) electrons. The number of thiophene rings is 1. The number of methoxy groups -OCH3 is 1. The molecule has 8 heteroatoms. The fourth-order valence-electron chi connectivity index (χ4n) is 2.11. The first-order chi connectivity index (χ1) is 11.0. The Morgan fingerprint density at radius 3 is 2.57 bits per heavy atom. The van der Waals surface area contributed by atoms with Gasteiger partial charge in [-0.15, -0.1) is 11.3 Å². The van der Waals surface area contributed by atoms with Crippen molar-refractivity contribution < 1.29 is 13.2 Å². The summed E-state index contributed by atoms with van der Waals surface area (Å²) in [7, 11) is -0.241. The van der Waals surface area contributed by atoms with Crippen molar-refractivity contribution >= 4 is 27.0 Å². The minimum Gasteiger partial charge on any atom is -0.497 e. The standard InChI is InChI=1S/C15H15N3O3S2/c1-18-14(7-8-16-18)11-9-15(22-10-11)23(19,20)17-12-3-5-13(21-2)6-4-12/h3-10,17H,1-2H3. The topological polar surface area (TPSA) is 73.2 Å². The van der Waals surface area contributed by atoms with Crippen LogP contribution in [-0.4, -0.2) is 25.3 Å². The number of ether oxygens (including phenoxy) is 1. The summed E-state index contributed by atoms with van der Waals surface area (Å²) in [5.74, 6) is 0.669. The van der Waals surface area contributed by atoms with Crippen LogP contribution in [-0.2, 0) is 17.1 Å². The molecule has 0 unspecified atom stereocenters. The van der Waals surface area contributed by atoms with Gasteiger partial charge < -0.3 is 4.74 Å². The van der Waals surface area contributed by atoms with Gasteiger partial charge in [0.25, 0.3) is 10.0 Å². The molecule has 0 saturated carbocycles. The SMILES string of the molecule is COc1ccc(NS(=O)(=O)c2cc(-c3ccnn3C)cs2)cc1. The summed E-state index contributed by atoms with van der Waals surface area (Å²) >= 11 is 1.17. The van der Waals surface area contributed by atoms with E-state index in [1.165, 1.54) is 11.3 Å². The van der Waals surface area contributed by atoms with Crippen LogP contribution in [0.5, 0.6) is 5.75 Å². The Bertz CT molecular complexity index is 912. The van der Waals surface area contributed by atoms with Crippen molar-refractivity contribution in [2.24, 2.45) is 7.05 Å². The lowest BCUT2D eigenvalue weighted by Gasteiger charge is -2.07. The number of benzene rings is 1. The Kier molecular flexibility index (Phi) is 4.10. The zero-order valence-electron chi connectivity index (χ0n) is 12.6. The van der Waals surface area contributed by atoms with E-state index >= 15 is 0 Å². The zero-order valence-corrected chi connectivity index (χ0v) is 14.2. The highest BCUT2D eigenvalue weighted by atomic mass is 32.2. The Morgan fingerprint density at radius 2 is 1.96 bits per heavy atom. The first kappa shape index (κ1) is 15.6. The van der Waals surface area contributed by atoms with Gasteiger partial charge in [0.1, 0.15) is 9.96 Å². The van der Waals surface area contributed by atoms with E-state index in [4.69, 9.17) is 4.74 Å². The molecule has 0 fully saturated rings. The van der Waals surface area contributed by atoms with Crippen molar-refractivity contribution in [2.45, 2.75) is 4.21 Å². The summed E-state index contributed by atoms with van der Waals surface area (Å²) in [4.78, 5) is 0. The van der Waals surface area contributed by atoms with Crippen LogP contribution in [0.15, 0.2) is 52.2 Å². The van der Waals surface area contributed by atoms with Crippen molar-refractivity contribution in [1.82, 2.24) is 9.78 Å². The van der Waals surface area contributed by atoms with Gasteiger partial charge in [0.2, 0.25) is 0 Å². The molecule has 3 aromatic rings. The third kappa shape index (κ3) is 3.22. The monoisotopic (exact) mass is 349 g/mol. The van der Waals surface area contributed by atoms with Crippen molar-refractivity contribution in [3.05, 3.63) is 48.0 Å². The zero-order chi connectivity index (χ0) is 16.4. The fraction of sp³-hybridized carbons (Fsp3) is 0.133. The molecule has 1 aromatic carbocycles. The molecule has 3 rings (SSSR count). The van der Waals surface area contributed by atoms with Crippen LogP contribution in [0.2, 0.25) is 0 Å². The van der Waals surface area contributed by atoms with E-state index in [1.54, 1.807) is 53.7 Å². The number of sulfonamides is 1. The van der Waals surface area contributed by atoms with Gasteiger partial charge in [-0.1, -0.05) is 0 Å². The molecule has 0 aliphatic rings. The van der Waals surface area contributed by atoms with Crippen LogP contribution in [0.1, 0.15) is 0 Å². The normalized spacial score (nSPS) is 11.4. The van der Waals surface area contributed by atoms with Crippen molar-refractivity contribution in [2.75, 3.05) is 11.8 Å². The molecule has 120 valence electrons. The predicted octanol–water partition coefficient (Wildman–Crippen LogP) is 2.96. The van der Waals surface area contributed by atoms with Gasteiger partial charge in [-0.3, -0.25) is 9.40 Å². The second kappa shape index (κ2) is 6.05. The lowest BCUT2D eigenvalue weighted by atomic mass is 10.2. The molecule has 0 amide bonds. The van der Waals surface area contributed by atoms with Crippen LogP contribution >= 0.6 is 11.3 Å². The molecule has 0 atom stereocenters. The number of anilines is 1. The highest BCUT2D eigenvalue weighted by Crippen LogP contribution is 2.29. The van der Waals surface area contributed by atoms with Crippen molar-refractivity contribution in [3.8, 4) is 17.0 Å². The number of hydrogen-bond acceptors (Lipinski definition) is 5. The van der Waals surface area contributed by atoms with Crippen LogP contribution in [0, 0.1) is 0 Å². The molecule has 0 aliphatic carbocycles. The average Bonchev–Trinajstić information content (AvgIpc) is 3.16. The molecule has 2 heterocycles. The molecule has 1 N–H and O–H groups in total. The van der Waals surface area contributed by atoms with Crippen molar-refractivity contribution in [3.63, 3.8) is 0 Å². The quantitative estimate of drug-likeness (QED) is 0.768. The number of nitrogens with zero attached hydrogens (tertiary/aromatic N) is 2. The van der Waals surface area contributed by atoms with Gasteiger partial charge >= 0.3 is 0 Å². The van der Waals surface area contributed by atoms with E-state index in [0.29, 0.717) is 11.4 Å². The Morgan fingerprint density at radius 1 is 1.22 bits per heavy atom. The van der Waals surface area contributed by atoms with E-state index in [2.05, 4.69) is 9.82 Å². The molecular formula is C15H15N3O3S2. The molecular weight excluding hydrogens is 334 g/mol. The summed E-state index contributed by atoms with van der Waals surface area (Å²) < 4.78 is 34.5. The van der Waals surface area contributed by atoms with E-state index in [0.717, 1.165) is 11.3 Å². The molecule has 23 heavy (non-hydrogen) atoms. The number of aromatic nitrogens is 2. The van der Waals surface area contributed by atoms with Gasteiger partial charge in [-0.05, 0) is 36.4 Å². The maximum atomic E-state index is 12.5.